The average Bonchev–Trinajstić information content (AvgIpc) is 3.33. The number of ether oxygens (including phenoxy) is 2. The van der Waals surface area contributed by atoms with E-state index in [4.69, 9.17) is 19.6 Å². The smallest absolute Gasteiger partial charge is 0.266 e. The van der Waals surface area contributed by atoms with Gasteiger partial charge < -0.3 is 14.6 Å². The highest BCUT2D eigenvalue weighted by Gasteiger charge is 2.53. The molecule has 0 aliphatic carbocycles. The standard InChI is InChI=1S/C32H37Br2N3O4/c1-31(2,3)17-18-35-37-30(39)32(21-24-7-4-5-8-27(24)34)28(22-9-13-25(33)14-10-22)41-29(36-32)23-11-15-26(16-12-23)40-20-6-19-38/h4-5,7-16,28,35,38H,6,17-21H2,1-3H3,(H,37,39)/t28-,32-/m0/s1. The Kier molecular flexibility index (Phi) is 10.6. The van der Waals surface area contributed by atoms with Crippen molar-refractivity contribution in [1.82, 2.24) is 10.9 Å². The number of aliphatic hydroxyl groups is 1. The molecule has 0 aromatic heterocycles. The van der Waals surface area contributed by atoms with Crippen molar-refractivity contribution >= 4 is 43.7 Å². The van der Waals surface area contributed by atoms with Crippen LogP contribution in [-0.4, -0.2) is 42.2 Å². The van der Waals surface area contributed by atoms with Crippen molar-refractivity contribution in [3.63, 3.8) is 0 Å². The quantitative estimate of drug-likeness (QED) is 0.149. The third kappa shape index (κ3) is 8.19. The minimum atomic E-state index is -1.29. The van der Waals surface area contributed by atoms with Crippen LogP contribution in [0.15, 0.2) is 86.7 Å². The minimum Gasteiger partial charge on any atom is -0.494 e. The maximum atomic E-state index is 14.2. The second-order valence-corrected chi connectivity index (χ2v) is 13.1. The van der Waals surface area contributed by atoms with E-state index in [1.165, 1.54) is 0 Å². The van der Waals surface area contributed by atoms with Gasteiger partial charge in [-0.25, -0.2) is 10.4 Å². The molecule has 0 saturated heterocycles. The minimum absolute atomic E-state index is 0.0763. The molecule has 0 radical (unpaired) electrons. The van der Waals surface area contributed by atoms with Crippen molar-refractivity contribution in [2.24, 2.45) is 10.4 Å². The molecule has 1 aliphatic rings. The number of carbonyl (C=O) groups excluding carboxylic acids is 1. The molecule has 41 heavy (non-hydrogen) atoms. The third-order valence-electron chi connectivity index (χ3n) is 6.82. The number of aliphatic imine (C=N–C) groups is 1. The summed E-state index contributed by atoms with van der Waals surface area (Å²) in [6.45, 7) is 7.62. The largest absolute Gasteiger partial charge is 0.494 e. The maximum Gasteiger partial charge on any atom is 0.266 e. The van der Waals surface area contributed by atoms with Crippen molar-refractivity contribution < 1.29 is 19.4 Å². The van der Waals surface area contributed by atoms with E-state index >= 15 is 0 Å². The molecule has 0 spiro atoms. The van der Waals surface area contributed by atoms with Crippen LogP contribution in [0.5, 0.6) is 5.75 Å². The molecule has 218 valence electrons. The van der Waals surface area contributed by atoms with Crippen LogP contribution in [0, 0.1) is 5.41 Å². The Morgan fingerprint density at radius 1 is 1.05 bits per heavy atom. The molecule has 0 fully saturated rings. The topological polar surface area (TPSA) is 92.2 Å². The van der Waals surface area contributed by atoms with E-state index in [2.05, 4.69) is 63.5 Å². The SMILES string of the molecule is CC(C)(C)CCNNC(=O)[C@@]1(Cc2ccccc2Br)N=C(c2ccc(OCCCO)cc2)O[C@H]1c1ccc(Br)cc1. The Labute approximate surface area is 259 Å². The van der Waals surface area contributed by atoms with Gasteiger partial charge in [-0.3, -0.25) is 10.2 Å². The Balaban J connectivity index is 1.73. The van der Waals surface area contributed by atoms with E-state index in [1.54, 1.807) is 0 Å². The number of carbonyl (C=O) groups is 1. The third-order valence-corrected chi connectivity index (χ3v) is 8.12. The van der Waals surface area contributed by atoms with Crippen molar-refractivity contribution in [3.05, 3.63) is 98.4 Å². The lowest BCUT2D eigenvalue weighted by atomic mass is 9.82. The summed E-state index contributed by atoms with van der Waals surface area (Å²) in [6, 6.07) is 23.1. The number of rotatable bonds is 12. The fourth-order valence-corrected chi connectivity index (χ4v) is 5.23. The van der Waals surface area contributed by atoms with Crippen LogP contribution in [0.4, 0.5) is 0 Å². The normalized spacial score (nSPS) is 18.5. The van der Waals surface area contributed by atoms with E-state index in [0.29, 0.717) is 37.6 Å². The highest BCUT2D eigenvalue weighted by Crippen LogP contribution is 2.43. The number of amides is 1. The summed E-state index contributed by atoms with van der Waals surface area (Å²) in [5, 5.41) is 9.03. The van der Waals surface area contributed by atoms with E-state index in [-0.39, 0.29) is 17.9 Å². The molecule has 0 unspecified atom stereocenters. The molecule has 0 bridgehead atoms. The van der Waals surface area contributed by atoms with Crippen molar-refractivity contribution in [2.45, 2.75) is 51.7 Å². The summed E-state index contributed by atoms with van der Waals surface area (Å²) in [4.78, 5) is 19.3. The molecule has 0 saturated carbocycles. The first-order valence-corrected chi connectivity index (χ1v) is 15.3. The molecule has 2 atom stereocenters. The summed E-state index contributed by atoms with van der Waals surface area (Å²) in [5.41, 5.74) is 7.45. The molecule has 1 aliphatic heterocycles. The van der Waals surface area contributed by atoms with Gasteiger partial charge in [0.05, 0.1) is 6.61 Å². The van der Waals surface area contributed by atoms with Crippen molar-refractivity contribution in [2.75, 3.05) is 19.8 Å². The number of hydrogen-bond donors (Lipinski definition) is 3. The summed E-state index contributed by atoms with van der Waals surface area (Å²) in [5.74, 6) is 0.802. The summed E-state index contributed by atoms with van der Waals surface area (Å²) in [7, 11) is 0. The lowest BCUT2D eigenvalue weighted by molar-refractivity contribution is -0.130. The van der Waals surface area contributed by atoms with Gasteiger partial charge in [0, 0.05) is 40.5 Å². The van der Waals surface area contributed by atoms with Crippen LogP contribution in [0.1, 0.15) is 56.4 Å². The molecule has 7 nitrogen and oxygen atoms in total. The number of nitrogens with one attached hydrogen (secondary N) is 2. The molecule has 4 rings (SSSR count). The van der Waals surface area contributed by atoms with Gasteiger partial charge in [-0.15, -0.1) is 0 Å². The van der Waals surface area contributed by atoms with Crippen LogP contribution in [0.3, 0.4) is 0 Å². The number of benzene rings is 3. The fourth-order valence-electron chi connectivity index (χ4n) is 4.54. The van der Waals surface area contributed by atoms with Gasteiger partial charge in [-0.1, -0.05) is 83.0 Å². The van der Waals surface area contributed by atoms with Crippen LogP contribution in [0.2, 0.25) is 0 Å². The molecule has 3 N–H and O–H groups in total. The van der Waals surface area contributed by atoms with Crippen molar-refractivity contribution in [1.29, 1.82) is 0 Å². The van der Waals surface area contributed by atoms with Gasteiger partial charge in [-0.2, -0.15) is 0 Å². The number of halogens is 2. The van der Waals surface area contributed by atoms with Gasteiger partial charge in [-0.05, 0) is 65.4 Å². The molecule has 1 amide bonds. The molecule has 1 heterocycles. The van der Waals surface area contributed by atoms with Crippen LogP contribution in [-0.2, 0) is 16.0 Å². The Morgan fingerprint density at radius 2 is 1.76 bits per heavy atom. The molecular weight excluding hydrogens is 650 g/mol. The number of nitrogens with zero attached hydrogens (tertiary/aromatic N) is 1. The van der Waals surface area contributed by atoms with Gasteiger partial charge in [0.1, 0.15) is 5.75 Å². The van der Waals surface area contributed by atoms with E-state index in [0.717, 1.165) is 32.1 Å². The lowest BCUT2D eigenvalue weighted by Crippen LogP contribution is -2.54. The Morgan fingerprint density at radius 3 is 2.41 bits per heavy atom. The summed E-state index contributed by atoms with van der Waals surface area (Å²) < 4.78 is 14.1. The Bertz CT molecular complexity index is 1340. The Hall–Kier alpha value is -2.72. The zero-order valence-corrected chi connectivity index (χ0v) is 26.8. The van der Waals surface area contributed by atoms with Gasteiger partial charge in [0.15, 0.2) is 11.6 Å². The fraction of sp³-hybridized carbons (Fsp3) is 0.375. The molecule has 9 heteroatoms. The number of aliphatic hydroxyl groups excluding tert-OH is 1. The number of hydrogen-bond acceptors (Lipinski definition) is 6. The summed E-state index contributed by atoms with van der Waals surface area (Å²) in [6.07, 6.45) is 1.08. The van der Waals surface area contributed by atoms with Crippen LogP contribution in [0.25, 0.3) is 0 Å². The first kappa shape index (κ1) is 31.2. The molecule has 3 aromatic carbocycles. The predicted molar refractivity (Wildman–Crippen MR) is 169 cm³/mol. The first-order chi connectivity index (χ1) is 19.6. The number of hydrazine groups is 1. The van der Waals surface area contributed by atoms with E-state index in [9.17, 15) is 4.79 Å². The second kappa shape index (κ2) is 14.0. The van der Waals surface area contributed by atoms with Crippen LogP contribution < -0.4 is 15.6 Å². The zero-order chi connectivity index (χ0) is 29.5. The summed E-state index contributed by atoms with van der Waals surface area (Å²) >= 11 is 7.19. The monoisotopic (exact) mass is 685 g/mol. The first-order valence-electron chi connectivity index (χ1n) is 13.7. The maximum absolute atomic E-state index is 14.2. The molecule has 3 aromatic rings. The van der Waals surface area contributed by atoms with Gasteiger partial charge >= 0.3 is 0 Å². The van der Waals surface area contributed by atoms with Gasteiger partial charge in [0.25, 0.3) is 5.91 Å². The highest BCUT2D eigenvalue weighted by molar-refractivity contribution is 9.10. The zero-order valence-electron chi connectivity index (χ0n) is 23.6. The lowest BCUT2D eigenvalue weighted by Gasteiger charge is -2.31. The van der Waals surface area contributed by atoms with E-state index < -0.39 is 11.6 Å². The van der Waals surface area contributed by atoms with Gasteiger partial charge in [0.2, 0.25) is 5.90 Å². The van der Waals surface area contributed by atoms with Crippen LogP contribution >= 0.6 is 31.9 Å². The highest BCUT2D eigenvalue weighted by atomic mass is 79.9. The van der Waals surface area contributed by atoms with E-state index in [1.807, 2.05) is 72.8 Å². The predicted octanol–water partition coefficient (Wildman–Crippen LogP) is 6.53. The van der Waals surface area contributed by atoms with Crippen molar-refractivity contribution in [3.8, 4) is 5.75 Å². The average molecular weight is 687 g/mol. The second-order valence-electron chi connectivity index (χ2n) is 11.3. The molecular formula is C32H37Br2N3O4.